The molecule has 3 aliphatic rings. The van der Waals surface area contributed by atoms with Gasteiger partial charge in [-0.3, -0.25) is 0 Å². The Morgan fingerprint density at radius 2 is 1.88 bits per heavy atom. The summed E-state index contributed by atoms with van der Waals surface area (Å²) in [4.78, 5) is 28.5. The molecule has 33 heavy (non-hydrogen) atoms. The van der Waals surface area contributed by atoms with Crippen LogP contribution in [0.2, 0.25) is 0 Å². The molecule has 2 fully saturated rings. The summed E-state index contributed by atoms with van der Waals surface area (Å²) in [5.74, 6) is -0.423. The number of aliphatic carboxylic acids is 2. The lowest BCUT2D eigenvalue weighted by Gasteiger charge is -2.40. The number of hydrogen-bond acceptors (Lipinski definition) is 5. The largest absolute Gasteiger partial charge is 0.479 e. The van der Waals surface area contributed by atoms with Crippen LogP contribution in [0.3, 0.4) is 0 Å². The van der Waals surface area contributed by atoms with E-state index < -0.39 is 23.1 Å². The zero-order valence-corrected chi connectivity index (χ0v) is 18.1. The minimum Gasteiger partial charge on any atom is -0.479 e. The molecule has 1 unspecified atom stereocenters. The van der Waals surface area contributed by atoms with Crippen LogP contribution < -0.4 is 10.1 Å². The fourth-order valence-corrected chi connectivity index (χ4v) is 5.44. The molecule has 0 amide bonds. The molecule has 0 spiro atoms. The van der Waals surface area contributed by atoms with Crippen molar-refractivity contribution in [2.45, 2.75) is 62.1 Å². The summed E-state index contributed by atoms with van der Waals surface area (Å²) in [6, 6.07) is 9.40. The van der Waals surface area contributed by atoms with Crippen LogP contribution in [0.15, 0.2) is 42.7 Å². The Kier molecular flexibility index (Phi) is 4.24. The number of nitrogens with one attached hydrogen (secondary N) is 1. The van der Waals surface area contributed by atoms with Gasteiger partial charge >= 0.3 is 11.9 Å². The van der Waals surface area contributed by atoms with E-state index in [1.165, 1.54) is 0 Å². The van der Waals surface area contributed by atoms with Gasteiger partial charge in [-0.05, 0) is 68.4 Å². The van der Waals surface area contributed by atoms with Gasteiger partial charge in [0.2, 0.25) is 5.60 Å². The summed E-state index contributed by atoms with van der Waals surface area (Å²) >= 11 is 0. The predicted octanol–water partition coefficient (Wildman–Crippen LogP) is 4.10. The van der Waals surface area contributed by atoms with Crippen molar-refractivity contribution in [1.82, 2.24) is 9.55 Å². The number of hydrogen-bond donors (Lipinski definition) is 3. The van der Waals surface area contributed by atoms with Crippen LogP contribution in [0.25, 0.3) is 10.9 Å². The smallest absolute Gasteiger partial charge is 0.348 e. The third-order valence-electron chi connectivity index (χ3n) is 7.71. The minimum absolute atomic E-state index is 0.0584. The highest BCUT2D eigenvalue weighted by molar-refractivity contribution is 5.90. The van der Waals surface area contributed by atoms with Gasteiger partial charge in [-0.2, -0.15) is 0 Å². The Balaban J connectivity index is 1.46. The highest BCUT2D eigenvalue weighted by Gasteiger charge is 2.48. The third-order valence-corrected chi connectivity index (χ3v) is 7.71. The molecule has 2 saturated carbocycles. The van der Waals surface area contributed by atoms with E-state index in [-0.39, 0.29) is 6.04 Å². The molecule has 170 valence electrons. The Labute approximate surface area is 190 Å². The number of benzene rings is 1. The summed E-state index contributed by atoms with van der Waals surface area (Å²) in [6.45, 7) is 0. The lowest BCUT2D eigenvalue weighted by atomic mass is 9.76. The normalized spacial score (nSPS) is 22.0. The van der Waals surface area contributed by atoms with Crippen LogP contribution in [-0.4, -0.2) is 37.3 Å². The Morgan fingerprint density at radius 3 is 2.48 bits per heavy atom. The number of fused-ring (bicyclic) bond motifs is 2. The molecular weight excluding hydrogens is 422 g/mol. The van der Waals surface area contributed by atoms with E-state index in [0.717, 1.165) is 47.1 Å². The number of ether oxygens (including phenoxy) is 1. The molecule has 6 rings (SSSR count). The molecule has 3 aromatic rings. The Bertz CT molecular complexity index is 1260. The van der Waals surface area contributed by atoms with E-state index >= 15 is 0 Å². The molecule has 8 heteroatoms. The van der Waals surface area contributed by atoms with Crippen molar-refractivity contribution < 1.29 is 24.5 Å². The summed E-state index contributed by atoms with van der Waals surface area (Å²) in [5, 5.41) is 24.1. The van der Waals surface area contributed by atoms with Gasteiger partial charge in [0.1, 0.15) is 17.1 Å². The fraction of sp³-hybridized carbons (Fsp3) is 0.400. The average Bonchev–Trinajstić information content (AvgIpc) is 3.31. The maximum Gasteiger partial charge on any atom is 0.348 e. The molecule has 1 atom stereocenters. The van der Waals surface area contributed by atoms with Crippen LogP contribution in [0.4, 0.5) is 5.82 Å². The van der Waals surface area contributed by atoms with Crippen LogP contribution in [0.5, 0.6) is 5.75 Å². The summed E-state index contributed by atoms with van der Waals surface area (Å²) in [7, 11) is 0. The molecule has 2 aromatic heterocycles. The Morgan fingerprint density at radius 1 is 1.09 bits per heavy atom. The molecule has 1 aromatic carbocycles. The minimum atomic E-state index is -1.17. The van der Waals surface area contributed by atoms with Crippen molar-refractivity contribution in [1.29, 1.82) is 0 Å². The topological polar surface area (TPSA) is 114 Å². The molecule has 2 aliphatic carbocycles. The zero-order valence-electron chi connectivity index (χ0n) is 18.1. The van der Waals surface area contributed by atoms with Crippen molar-refractivity contribution in [3.63, 3.8) is 0 Å². The first-order valence-corrected chi connectivity index (χ1v) is 11.4. The van der Waals surface area contributed by atoms with Crippen molar-refractivity contribution in [2.24, 2.45) is 0 Å². The monoisotopic (exact) mass is 447 g/mol. The van der Waals surface area contributed by atoms with Gasteiger partial charge in [0, 0.05) is 35.3 Å². The van der Waals surface area contributed by atoms with Gasteiger partial charge in [-0.1, -0.05) is 6.07 Å². The SMILES string of the molecule is O=C(O)C1(Oc2ccc3c(c2)c(C2Cc4cccnc4N2)cn3C2(C(=O)O)CCC2)CCC1. The van der Waals surface area contributed by atoms with E-state index in [0.29, 0.717) is 31.4 Å². The van der Waals surface area contributed by atoms with E-state index in [4.69, 9.17) is 4.74 Å². The highest BCUT2D eigenvalue weighted by atomic mass is 16.5. The van der Waals surface area contributed by atoms with E-state index in [1.807, 2.05) is 35.0 Å². The summed E-state index contributed by atoms with van der Waals surface area (Å²) < 4.78 is 7.92. The fourth-order valence-electron chi connectivity index (χ4n) is 5.44. The van der Waals surface area contributed by atoms with Crippen molar-refractivity contribution in [2.75, 3.05) is 5.32 Å². The number of aromatic nitrogens is 2. The van der Waals surface area contributed by atoms with Gasteiger partial charge in [0.15, 0.2) is 0 Å². The maximum absolute atomic E-state index is 12.3. The first-order valence-electron chi connectivity index (χ1n) is 11.4. The molecular formula is C25H25N3O5. The van der Waals surface area contributed by atoms with Gasteiger partial charge in [0.05, 0.1) is 6.04 Å². The third kappa shape index (κ3) is 2.86. The number of carboxylic acids is 2. The number of anilines is 1. The van der Waals surface area contributed by atoms with Crippen molar-refractivity contribution >= 4 is 28.7 Å². The maximum atomic E-state index is 12.3. The van der Waals surface area contributed by atoms with Crippen LogP contribution in [0, 0.1) is 0 Å². The molecule has 0 bridgehead atoms. The quantitative estimate of drug-likeness (QED) is 0.521. The van der Waals surface area contributed by atoms with Crippen LogP contribution >= 0.6 is 0 Å². The van der Waals surface area contributed by atoms with Gasteiger partial charge < -0.3 is 24.8 Å². The lowest BCUT2D eigenvalue weighted by Crippen LogP contribution is -2.50. The molecule has 1 aliphatic heterocycles. The summed E-state index contributed by atoms with van der Waals surface area (Å²) in [6.07, 6.45) is 8.31. The van der Waals surface area contributed by atoms with Crippen molar-refractivity contribution in [3.05, 3.63) is 53.9 Å². The van der Waals surface area contributed by atoms with Gasteiger partial charge in [0.25, 0.3) is 0 Å². The highest BCUT2D eigenvalue weighted by Crippen LogP contribution is 2.46. The second-order valence-electron chi connectivity index (χ2n) is 9.49. The van der Waals surface area contributed by atoms with Crippen LogP contribution in [0.1, 0.15) is 55.7 Å². The van der Waals surface area contributed by atoms with Gasteiger partial charge in [-0.15, -0.1) is 0 Å². The van der Waals surface area contributed by atoms with E-state index in [9.17, 15) is 19.8 Å². The molecule has 3 heterocycles. The number of rotatable bonds is 6. The molecule has 3 N–H and O–H groups in total. The number of carboxylic acid groups (broad SMARTS) is 2. The predicted molar refractivity (Wildman–Crippen MR) is 121 cm³/mol. The Hall–Kier alpha value is -3.55. The van der Waals surface area contributed by atoms with Crippen molar-refractivity contribution in [3.8, 4) is 5.75 Å². The number of nitrogens with zero attached hydrogens (tertiary/aromatic N) is 2. The lowest BCUT2D eigenvalue weighted by molar-refractivity contribution is -0.163. The second-order valence-corrected chi connectivity index (χ2v) is 9.49. The average molecular weight is 447 g/mol. The molecule has 8 nitrogen and oxygen atoms in total. The number of pyridine rings is 1. The first kappa shape index (κ1) is 20.1. The number of carbonyl (C=O) groups is 2. The van der Waals surface area contributed by atoms with E-state index in [1.54, 1.807) is 12.3 Å². The molecule has 0 saturated heterocycles. The molecule has 0 radical (unpaired) electrons. The van der Waals surface area contributed by atoms with Gasteiger partial charge in [-0.25, -0.2) is 14.6 Å². The van der Waals surface area contributed by atoms with E-state index in [2.05, 4.69) is 10.3 Å². The summed E-state index contributed by atoms with van der Waals surface area (Å²) in [5.41, 5.74) is 0.797. The van der Waals surface area contributed by atoms with Crippen LogP contribution in [-0.2, 0) is 21.5 Å². The zero-order chi connectivity index (χ0) is 22.8. The second kappa shape index (κ2) is 6.97. The standard InChI is InChI=1S/C25H25N3O5/c29-22(30)24(7-2-8-24)28-14-18(19-12-15-4-1-11-26-21(15)27-19)17-13-16(5-6-20(17)28)33-25(23(31)32)9-3-10-25/h1,4-6,11,13-14,19H,2-3,7-10,12H2,(H,26,27)(H,29,30)(H,31,32). The first-order chi connectivity index (χ1) is 15.9.